The van der Waals surface area contributed by atoms with Gasteiger partial charge >= 0.3 is 0 Å². The van der Waals surface area contributed by atoms with E-state index in [1.807, 2.05) is 54.6 Å². The third-order valence-electron chi connectivity index (χ3n) is 2.63. The molecular formula is C14H15NO. The molecule has 0 unspecified atom stereocenters. The lowest BCUT2D eigenvalue weighted by Gasteiger charge is -2.13. The zero-order valence-electron chi connectivity index (χ0n) is 9.01. The Kier molecular flexibility index (Phi) is 3.34. The van der Waals surface area contributed by atoms with Crippen LogP contribution in [0.5, 0.6) is 0 Å². The normalized spacial score (nSPS) is 12.4. The fourth-order valence-corrected chi connectivity index (χ4v) is 1.80. The van der Waals surface area contributed by atoms with Crippen LogP contribution in [0.4, 0.5) is 0 Å². The summed E-state index contributed by atoms with van der Waals surface area (Å²) < 4.78 is 0. The first-order valence-corrected chi connectivity index (χ1v) is 5.35. The van der Waals surface area contributed by atoms with Gasteiger partial charge in [0.25, 0.3) is 0 Å². The van der Waals surface area contributed by atoms with Crippen molar-refractivity contribution in [2.45, 2.75) is 6.10 Å². The molecule has 0 heterocycles. The van der Waals surface area contributed by atoms with E-state index in [2.05, 4.69) is 0 Å². The highest BCUT2D eigenvalue weighted by Crippen LogP contribution is 2.27. The number of aliphatic hydroxyl groups excluding tert-OH is 1. The summed E-state index contributed by atoms with van der Waals surface area (Å²) in [4.78, 5) is 0. The quantitative estimate of drug-likeness (QED) is 0.822. The first-order valence-electron chi connectivity index (χ1n) is 5.35. The maximum atomic E-state index is 9.85. The Labute approximate surface area is 95.4 Å². The summed E-state index contributed by atoms with van der Waals surface area (Å²) >= 11 is 0. The topological polar surface area (TPSA) is 46.2 Å². The minimum Gasteiger partial charge on any atom is -0.387 e. The van der Waals surface area contributed by atoms with Crippen molar-refractivity contribution in [3.63, 3.8) is 0 Å². The standard InChI is InChI=1S/C14H15NO/c15-10-14(16)13-9-5-4-8-12(13)11-6-2-1-3-7-11/h1-9,14,16H,10,15H2/t14-/m1/s1. The number of benzene rings is 2. The summed E-state index contributed by atoms with van der Waals surface area (Å²) in [6.45, 7) is 0.240. The highest BCUT2D eigenvalue weighted by atomic mass is 16.3. The van der Waals surface area contributed by atoms with Crippen LogP contribution in [-0.2, 0) is 0 Å². The molecule has 82 valence electrons. The second-order valence-corrected chi connectivity index (χ2v) is 3.70. The van der Waals surface area contributed by atoms with Crippen molar-refractivity contribution in [1.29, 1.82) is 0 Å². The van der Waals surface area contributed by atoms with Crippen LogP contribution in [-0.4, -0.2) is 11.7 Å². The average molecular weight is 213 g/mol. The van der Waals surface area contributed by atoms with Gasteiger partial charge in [-0.15, -0.1) is 0 Å². The highest BCUT2D eigenvalue weighted by Gasteiger charge is 2.10. The maximum absolute atomic E-state index is 9.85. The van der Waals surface area contributed by atoms with E-state index < -0.39 is 6.10 Å². The van der Waals surface area contributed by atoms with E-state index in [9.17, 15) is 5.11 Å². The Morgan fingerprint density at radius 1 is 0.938 bits per heavy atom. The lowest BCUT2D eigenvalue weighted by Crippen LogP contribution is -2.12. The molecule has 1 atom stereocenters. The molecule has 0 aliphatic rings. The molecule has 0 bridgehead atoms. The van der Waals surface area contributed by atoms with Gasteiger partial charge in [-0.1, -0.05) is 54.6 Å². The van der Waals surface area contributed by atoms with Gasteiger partial charge in [0.1, 0.15) is 0 Å². The molecular weight excluding hydrogens is 198 g/mol. The van der Waals surface area contributed by atoms with Crippen molar-refractivity contribution >= 4 is 0 Å². The van der Waals surface area contributed by atoms with E-state index in [4.69, 9.17) is 5.73 Å². The van der Waals surface area contributed by atoms with Crippen molar-refractivity contribution in [3.05, 3.63) is 60.2 Å². The first kappa shape index (κ1) is 10.9. The predicted octanol–water partition coefficient (Wildman–Crippen LogP) is 2.35. The molecule has 2 nitrogen and oxygen atoms in total. The van der Waals surface area contributed by atoms with Gasteiger partial charge in [-0.2, -0.15) is 0 Å². The van der Waals surface area contributed by atoms with Gasteiger partial charge in [-0.25, -0.2) is 0 Å². The zero-order chi connectivity index (χ0) is 11.4. The lowest BCUT2D eigenvalue weighted by atomic mass is 9.96. The van der Waals surface area contributed by atoms with Gasteiger partial charge in [0, 0.05) is 6.54 Å². The minimum atomic E-state index is -0.601. The van der Waals surface area contributed by atoms with Crippen LogP contribution >= 0.6 is 0 Å². The largest absolute Gasteiger partial charge is 0.387 e. The van der Waals surface area contributed by atoms with Crippen LogP contribution in [0.15, 0.2) is 54.6 Å². The van der Waals surface area contributed by atoms with Gasteiger partial charge < -0.3 is 10.8 Å². The van der Waals surface area contributed by atoms with Gasteiger partial charge in [-0.3, -0.25) is 0 Å². The smallest absolute Gasteiger partial charge is 0.0918 e. The lowest BCUT2D eigenvalue weighted by molar-refractivity contribution is 0.187. The number of nitrogens with two attached hydrogens (primary N) is 1. The second kappa shape index (κ2) is 4.92. The summed E-state index contributed by atoms with van der Waals surface area (Å²) in [6, 6.07) is 17.8. The summed E-state index contributed by atoms with van der Waals surface area (Å²) in [5.74, 6) is 0. The molecule has 2 heteroatoms. The van der Waals surface area contributed by atoms with E-state index in [0.29, 0.717) is 0 Å². The summed E-state index contributed by atoms with van der Waals surface area (Å²) in [6.07, 6.45) is -0.601. The maximum Gasteiger partial charge on any atom is 0.0918 e. The molecule has 0 spiro atoms. The molecule has 16 heavy (non-hydrogen) atoms. The Morgan fingerprint density at radius 3 is 2.25 bits per heavy atom. The monoisotopic (exact) mass is 213 g/mol. The number of rotatable bonds is 3. The summed E-state index contributed by atoms with van der Waals surface area (Å²) in [7, 11) is 0. The predicted molar refractivity (Wildman–Crippen MR) is 65.9 cm³/mol. The van der Waals surface area contributed by atoms with E-state index in [1.165, 1.54) is 0 Å². The third-order valence-corrected chi connectivity index (χ3v) is 2.63. The SMILES string of the molecule is NC[C@@H](O)c1ccccc1-c1ccccc1. The third kappa shape index (κ3) is 2.13. The van der Waals surface area contributed by atoms with Crippen molar-refractivity contribution in [3.8, 4) is 11.1 Å². The average Bonchev–Trinajstić information content (AvgIpc) is 2.39. The minimum absolute atomic E-state index is 0.240. The molecule has 2 aromatic rings. The number of hydrogen-bond donors (Lipinski definition) is 2. The molecule has 0 aliphatic carbocycles. The zero-order valence-corrected chi connectivity index (χ0v) is 9.01. The molecule has 0 aliphatic heterocycles. The molecule has 0 saturated heterocycles. The van der Waals surface area contributed by atoms with E-state index in [-0.39, 0.29) is 6.54 Å². The van der Waals surface area contributed by atoms with Crippen LogP contribution in [0.25, 0.3) is 11.1 Å². The Bertz CT molecular complexity index is 453. The van der Waals surface area contributed by atoms with E-state index in [1.54, 1.807) is 0 Å². The fraction of sp³-hybridized carbons (Fsp3) is 0.143. The van der Waals surface area contributed by atoms with E-state index in [0.717, 1.165) is 16.7 Å². The molecule has 2 rings (SSSR count). The van der Waals surface area contributed by atoms with Gasteiger partial charge in [0.2, 0.25) is 0 Å². The van der Waals surface area contributed by atoms with Crippen molar-refractivity contribution in [2.24, 2.45) is 5.73 Å². The molecule has 0 fully saturated rings. The van der Waals surface area contributed by atoms with Crippen LogP contribution in [0.1, 0.15) is 11.7 Å². The molecule has 0 radical (unpaired) electrons. The Balaban J connectivity index is 2.49. The van der Waals surface area contributed by atoms with Crippen molar-refractivity contribution < 1.29 is 5.11 Å². The van der Waals surface area contributed by atoms with Gasteiger partial charge in [0.15, 0.2) is 0 Å². The van der Waals surface area contributed by atoms with Crippen LogP contribution in [0, 0.1) is 0 Å². The van der Waals surface area contributed by atoms with Crippen LogP contribution in [0.3, 0.4) is 0 Å². The Morgan fingerprint density at radius 2 is 1.56 bits per heavy atom. The van der Waals surface area contributed by atoms with Gasteiger partial charge in [-0.05, 0) is 16.7 Å². The van der Waals surface area contributed by atoms with Crippen LogP contribution < -0.4 is 5.73 Å². The van der Waals surface area contributed by atoms with Crippen LogP contribution in [0.2, 0.25) is 0 Å². The number of hydrogen-bond acceptors (Lipinski definition) is 2. The fourth-order valence-electron chi connectivity index (χ4n) is 1.80. The molecule has 3 N–H and O–H groups in total. The molecule has 0 aromatic heterocycles. The van der Waals surface area contributed by atoms with Gasteiger partial charge in [0.05, 0.1) is 6.10 Å². The Hall–Kier alpha value is -1.64. The molecule has 2 aromatic carbocycles. The second-order valence-electron chi connectivity index (χ2n) is 3.70. The van der Waals surface area contributed by atoms with E-state index >= 15 is 0 Å². The summed E-state index contributed by atoms with van der Waals surface area (Å²) in [5, 5.41) is 9.85. The number of aliphatic hydroxyl groups is 1. The molecule has 0 amide bonds. The van der Waals surface area contributed by atoms with Crippen molar-refractivity contribution in [1.82, 2.24) is 0 Å². The van der Waals surface area contributed by atoms with Crippen molar-refractivity contribution in [2.75, 3.05) is 6.54 Å². The highest BCUT2D eigenvalue weighted by molar-refractivity contribution is 5.67. The molecule has 0 saturated carbocycles. The first-order chi connectivity index (χ1) is 7.83. The summed E-state index contributed by atoms with van der Waals surface area (Å²) in [5.41, 5.74) is 8.53.